The molecule has 0 saturated carbocycles. The van der Waals surface area contributed by atoms with Crippen molar-refractivity contribution in [3.8, 4) is 0 Å². The standard InChI is InChI=1S/C18H24N2O2S/c1-23-16-8-2-3-10-19(13-16)18(22)14-6-4-7-15(12-14)20-11-5-9-17(20)21/h4,6-7,12,16H,2-3,5,8-11,13H2,1H3/t16-/m1/s1. The van der Waals surface area contributed by atoms with Crippen LogP contribution in [-0.2, 0) is 4.79 Å². The smallest absolute Gasteiger partial charge is 0.253 e. The van der Waals surface area contributed by atoms with E-state index in [-0.39, 0.29) is 11.8 Å². The Bertz CT molecular complexity index is 590. The summed E-state index contributed by atoms with van der Waals surface area (Å²) in [6, 6.07) is 7.56. The molecule has 2 aliphatic heterocycles. The van der Waals surface area contributed by atoms with Gasteiger partial charge in [-0.25, -0.2) is 0 Å². The molecule has 0 aromatic heterocycles. The molecule has 2 amide bonds. The first kappa shape index (κ1) is 16.4. The van der Waals surface area contributed by atoms with E-state index in [1.165, 1.54) is 12.8 Å². The minimum atomic E-state index is 0.0967. The largest absolute Gasteiger partial charge is 0.338 e. The fourth-order valence-electron chi connectivity index (χ4n) is 3.39. The van der Waals surface area contributed by atoms with Crippen LogP contribution in [0, 0.1) is 0 Å². The quantitative estimate of drug-likeness (QED) is 0.853. The molecule has 1 atom stereocenters. The summed E-state index contributed by atoms with van der Waals surface area (Å²) >= 11 is 1.85. The summed E-state index contributed by atoms with van der Waals surface area (Å²) in [7, 11) is 0. The molecule has 0 N–H and O–H groups in total. The second-order valence-corrected chi connectivity index (χ2v) is 7.44. The van der Waals surface area contributed by atoms with E-state index in [0.717, 1.165) is 38.2 Å². The van der Waals surface area contributed by atoms with Crippen molar-refractivity contribution >= 4 is 29.3 Å². The lowest BCUT2D eigenvalue weighted by Crippen LogP contribution is -2.35. The van der Waals surface area contributed by atoms with Crippen molar-refractivity contribution in [1.82, 2.24) is 4.90 Å². The van der Waals surface area contributed by atoms with E-state index in [0.29, 0.717) is 17.2 Å². The lowest BCUT2D eigenvalue weighted by Gasteiger charge is -2.24. The lowest BCUT2D eigenvalue weighted by molar-refractivity contribution is -0.117. The zero-order valence-electron chi connectivity index (χ0n) is 13.7. The molecule has 0 bridgehead atoms. The highest BCUT2D eigenvalue weighted by molar-refractivity contribution is 7.99. The summed E-state index contributed by atoms with van der Waals surface area (Å²) in [4.78, 5) is 28.6. The third-order valence-electron chi connectivity index (χ3n) is 4.73. The van der Waals surface area contributed by atoms with Gasteiger partial charge in [0.2, 0.25) is 5.91 Å². The molecule has 4 nitrogen and oxygen atoms in total. The van der Waals surface area contributed by atoms with Crippen LogP contribution >= 0.6 is 11.8 Å². The maximum absolute atomic E-state index is 12.9. The van der Waals surface area contributed by atoms with E-state index < -0.39 is 0 Å². The highest BCUT2D eigenvalue weighted by Crippen LogP contribution is 2.25. The first-order chi connectivity index (χ1) is 11.2. The molecule has 0 radical (unpaired) electrons. The van der Waals surface area contributed by atoms with Crippen LogP contribution in [0.3, 0.4) is 0 Å². The van der Waals surface area contributed by atoms with Crippen molar-refractivity contribution < 1.29 is 9.59 Å². The van der Waals surface area contributed by atoms with E-state index in [1.54, 1.807) is 4.90 Å². The molecular weight excluding hydrogens is 308 g/mol. The predicted octanol–water partition coefficient (Wildman–Crippen LogP) is 3.17. The average Bonchev–Trinajstić information content (AvgIpc) is 2.86. The van der Waals surface area contributed by atoms with E-state index in [9.17, 15) is 9.59 Å². The summed E-state index contributed by atoms with van der Waals surface area (Å²) in [5.74, 6) is 0.256. The van der Waals surface area contributed by atoms with Crippen molar-refractivity contribution in [2.24, 2.45) is 0 Å². The maximum atomic E-state index is 12.9. The zero-order valence-corrected chi connectivity index (χ0v) is 14.5. The normalized spacial score (nSPS) is 22.3. The number of amides is 2. The van der Waals surface area contributed by atoms with E-state index in [2.05, 4.69) is 6.26 Å². The molecular formula is C18H24N2O2S. The molecule has 0 unspecified atom stereocenters. The monoisotopic (exact) mass is 332 g/mol. The summed E-state index contributed by atoms with van der Waals surface area (Å²) in [6.07, 6.45) is 7.09. The van der Waals surface area contributed by atoms with Gasteiger partial charge in [0.05, 0.1) is 0 Å². The molecule has 23 heavy (non-hydrogen) atoms. The number of nitrogens with zero attached hydrogens (tertiary/aromatic N) is 2. The van der Waals surface area contributed by atoms with Crippen LogP contribution in [-0.4, -0.2) is 47.9 Å². The molecule has 2 heterocycles. The molecule has 0 spiro atoms. The van der Waals surface area contributed by atoms with Crippen LogP contribution in [0.15, 0.2) is 24.3 Å². The number of carbonyl (C=O) groups is 2. The van der Waals surface area contributed by atoms with Crippen LogP contribution in [0.5, 0.6) is 0 Å². The third-order valence-corrected chi connectivity index (χ3v) is 5.78. The van der Waals surface area contributed by atoms with Crippen molar-refractivity contribution in [2.45, 2.75) is 37.4 Å². The molecule has 2 aliphatic rings. The fourth-order valence-corrected chi connectivity index (χ4v) is 4.12. The number of thioether (sulfide) groups is 1. The number of benzene rings is 1. The van der Waals surface area contributed by atoms with Gasteiger partial charge < -0.3 is 9.80 Å². The van der Waals surface area contributed by atoms with Gasteiger partial charge >= 0.3 is 0 Å². The SMILES string of the molecule is CS[C@@H]1CCCCN(C(=O)c2cccc(N3CCCC3=O)c2)C1. The Morgan fingerprint density at radius 1 is 1.22 bits per heavy atom. The van der Waals surface area contributed by atoms with Gasteiger partial charge in [0.15, 0.2) is 0 Å². The third kappa shape index (κ3) is 3.71. The minimum Gasteiger partial charge on any atom is -0.338 e. The van der Waals surface area contributed by atoms with Crippen LogP contribution in [0.4, 0.5) is 5.69 Å². The Morgan fingerprint density at radius 2 is 2.09 bits per heavy atom. The second kappa shape index (κ2) is 7.39. The average molecular weight is 332 g/mol. The Morgan fingerprint density at radius 3 is 2.83 bits per heavy atom. The number of hydrogen-bond acceptors (Lipinski definition) is 3. The molecule has 1 aromatic rings. The van der Waals surface area contributed by atoms with Crippen LogP contribution in [0.25, 0.3) is 0 Å². The van der Waals surface area contributed by atoms with Gasteiger partial charge in [-0.2, -0.15) is 11.8 Å². The number of likely N-dealkylation sites (tertiary alicyclic amines) is 1. The summed E-state index contributed by atoms with van der Waals surface area (Å²) in [5, 5.41) is 0.532. The van der Waals surface area contributed by atoms with Gasteiger partial charge in [-0.1, -0.05) is 12.5 Å². The number of anilines is 1. The fraction of sp³-hybridized carbons (Fsp3) is 0.556. The predicted molar refractivity (Wildman–Crippen MR) is 95.1 cm³/mol. The summed E-state index contributed by atoms with van der Waals surface area (Å²) < 4.78 is 0. The van der Waals surface area contributed by atoms with Gasteiger partial charge in [0.1, 0.15) is 0 Å². The molecule has 0 aliphatic carbocycles. The summed E-state index contributed by atoms with van der Waals surface area (Å²) in [6.45, 7) is 2.42. The van der Waals surface area contributed by atoms with Gasteiger partial charge in [0.25, 0.3) is 5.91 Å². The van der Waals surface area contributed by atoms with Crippen molar-refractivity contribution in [3.63, 3.8) is 0 Å². The summed E-state index contributed by atoms with van der Waals surface area (Å²) in [5.41, 5.74) is 1.55. The molecule has 2 saturated heterocycles. The zero-order chi connectivity index (χ0) is 16.2. The highest BCUT2D eigenvalue weighted by Gasteiger charge is 2.25. The molecule has 1 aromatic carbocycles. The van der Waals surface area contributed by atoms with Gasteiger partial charge in [-0.15, -0.1) is 0 Å². The lowest BCUT2D eigenvalue weighted by atomic mass is 10.1. The first-order valence-corrected chi connectivity index (χ1v) is 9.70. The molecule has 2 fully saturated rings. The highest BCUT2D eigenvalue weighted by atomic mass is 32.2. The van der Waals surface area contributed by atoms with Crippen molar-refractivity contribution in [1.29, 1.82) is 0 Å². The van der Waals surface area contributed by atoms with Crippen LogP contribution in [0.2, 0.25) is 0 Å². The van der Waals surface area contributed by atoms with E-state index in [4.69, 9.17) is 0 Å². The van der Waals surface area contributed by atoms with Crippen molar-refractivity contribution in [2.75, 3.05) is 30.8 Å². The van der Waals surface area contributed by atoms with Gasteiger partial charge in [0, 0.05) is 42.6 Å². The molecule has 5 heteroatoms. The van der Waals surface area contributed by atoms with Crippen molar-refractivity contribution in [3.05, 3.63) is 29.8 Å². The Hall–Kier alpha value is -1.49. The first-order valence-electron chi connectivity index (χ1n) is 8.41. The van der Waals surface area contributed by atoms with E-state index >= 15 is 0 Å². The van der Waals surface area contributed by atoms with Crippen LogP contribution < -0.4 is 4.90 Å². The maximum Gasteiger partial charge on any atom is 0.253 e. The molecule has 124 valence electrons. The topological polar surface area (TPSA) is 40.6 Å². The molecule has 3 rings (SSSR count). The number of rotatable bonds is 3. The Labute approximate surface area is 142 Å². The number of carbonyl (C=O) groups excluding carboxylic acids is 2. The van der Waals surface area contributed by atoms with Gasteiger partial charge in [-0.05, 0) is 43.7 Å². The Balaban J connectivity index is 1.77. The number of hydrogen-bond donors (Lipinski definition) is 0. The van der Waals surface area contributed by atoms with Crippen LogP contribution in [0.1, 0.15) is 42.5 Å². The van der Waals surface area contributed by atoms with Gasteiger partial charge in [-0.3, -0.25) is 9.59 Å². The van der Waals surface area contributed by atoms with E-state index in [1.807, 2.05) is 40.9 Å². The second-order valence-electron chi connectivity index (χ2n) is 6.30. The minimum absolute atomic E-state index is 0.0967. The Kier molecular flexibility index (Phi) is 5.26.